The van der Waals surface area contributed by atoms with Gasteiger partial charge in [0.2, 0.25) is 11.8 Å². The van der Waals surface area contributed by atoms with Crippen LogP contribution in [0, 0.1) is 12.8 Å². The van der Waals surface area contributed by atoms with Gasteiger partial charge in [0.05, 0.1) is 6.04 Å². The van der Waals surface area contributed by atoms with E-state index >= 15 is 0 Å². The molecule has 0 bridgehead atoms. The van der Waals surface area contributed by atoms with Crippen molar-refractivity contribution in [1.82, 2.24) is 20.5 Å². The number of benzene rings is 3. The Kier molecular flexibility index (Phi) is 13.5. The van der Waals surface area contributed by atoms with Crippen LogP contribution in [0.2, 0.25) is 5.02 Å². The maximum atomic E-state index is 14.5. The highest BCUT2D eigenvalue weighted by atomic mass is 35.5. The first-order chi connectivity index (χ1) is 24.2. The van der Waals surface area contributed by atoms with Crippen LogP contribution < -0.4 is 22.1 Å². The highest BCUT2D eigenvalue weighted by Crippen LogP contribution is 2.35. The second-order valence-corrected chi connectivity index (χ2v) is 14.7. The van der Waals surface area contributed by atoms with Crippen LogP contribution in [0.4, 0.5) is 0 Å². The van der Waals surface area contributed by atoms with Gasteiger partial charge in [0.15, 0.2) is 5.78 Å². The Labute approximate surface area is 304 Å². The van der Waals surface area contributed by atoms with E-state index in [0.29, 0.717) is 56.8 Å². The third-order valence-corrected chi connectivity index (χ3v) is 11.1. The van der Waals surface area contributed by atoms with Crippen molar-refractivity contribution in [2.75, 3.05) is 20.1 Å². The number of halogens is 1. The van der Waals surface area contributed by atoms with Gasteiger partial charge in [0, 0.05) is 70.3 Å². The summed E-state index contributed by atoms with van der Waals surface area (Å²) in [6.45, 7) is 3.65. The summed E-state index contributed by atoms with van der Waals surface area (Å²) < 4.78 is 0. The summed E-state index contributed by atoms with van der Waals surface area (Å²) >= 11 is 8.08. The molecule has 50 heavy (non-hydrogen) atoms. The van der Waals surface area contributed by atoms with Gasteiger partial charge in [0.1, 0.15) is 6.04 Å². The van der Waals surface area contributed by atoms with Gasteiger partial charge in [-0.2, -0.15) is 0 Å². The van der Waals surface area contributed by atoms with Crippen LogP contribution >= 0.6 is 23.4 Å². The first kappa shape index (κ1) is 37.6. The number of fused-ring (bicyclic) bond motifs is 3. The lowest BCUT2D eigenvalue weighted by molar-refractivity contribution is -0.143. The number of hydrogen-bond acceptors (Lipinski definition) is 7. The molecular weight excluding hydrogens is 668 g/mol. The normalized spacial score (nSPS) is 19.6. The van der Waals surface area contributed by atoms with E-state index in [-0.39, 0.29) is 30.6 Å². The summed E-state index contributed by atoms with van der Waals surface area (Å²) in [5.74, 6) is -1.13. The lowest BCUT2D eigenvalue weighted by atomic mass is 9.90. The Morgan fingerprint density at radius 1 is 0.880 bits per heavy atom. The SMILES string of the molecule is Cc1[nH]c2ccccc2c1C[C@H]1C(=O)NCc2cc(Cl)ccc2Sc2ccccc2CN[C@@H](CCCN)C(=O)C[C@@H](CCCCN)C(=O)N1C. The Balaban J connectivity index is 1.57. The number of amides is 2. The first-order valence-electron chi connectivity index (χ1n) is 17.5. The van der Waals surface area contributed by atoms with Gasteiger partial charge >= 0.3 is 0 Å². The standard InChI is InChI=1S/C39H49ClN6O3S/c1-25-31(30-12-4-5-13-32(30)45-25)22-34-38(48)44-24-28-20-29(40)16-17-37(28)50-36-15-6-3-11-27(36)23-43-33(14-9-19-42)35(47)21-26(10-7-8-18-41)39(49)46(34)2/h3-6,11-13,15-17,20,26,33-34,43,45H,7-10,14,18-19,21-24,41-42H2,1-2H3,(H,44,48)/t26-,33+,34+/m1/s1. The molecule has 0 radical (unpaired) electrons. The fourth-order valence-corrected chi connectivity index (χ4v) is 8.00. The first-order valence-corrected chi connectivity index (χ1v) is 18.7. The highest BCUT2D eigenvalue weighted by molar-refractivity contribution is 7.99. The minimum atomic E-state index is -0.828. The van der Waals surface area contributed by atoms with Gasteiger partial charge in [-0.25, -0.2) is 0 Å². The van der Waals surface area contributed by atoms with Crippen LogP contribution in [0.3, 0.4) is 0 Å². The van der Waals surface area contributed by atoms with E-state index in [0.717, 1.165) is 49.5 Å². The molecule has 5 rings (SSSR count). The van der Waals surface area contributed by atoms with E-state index in [2.05, 4.69) is 27.8 Å². The quantitative estimate of drug-likeness (QED) is 0.136. The lowest BCUT2D eigenvalue weighted by Crippen LogP contribution is -2.51. The van der Waals surface area contributed by atoms with Crippen LogP contribution in [0.5, 0.6) is 0 Å². The van der Waals surface area contributed by atoms with E-state index in [9.17, 15) is 14.4 Å². The number of unbranched alkanes of at least 4 members (excludes halogenated alkanes) is 1. The number of para-hydroxylation sites is 1. The number of aromatic nitrogens is 1. The van der Waals surface area contributed by atoms with Gasteiger partial charge in [-0.05, 0) is 92.7 Å². The second-order valence-electron chi connectivity index (χ2n) is 13.1. The van der Waals surface area contributed by atoms with E-state index in [1.165, 1.54) is 0 Å². The molecule has 7 N–H and O–H groups in total. The molecular formula is C39H49ClN6O3S. The number of hydrogen-bond donors (Lipinski definition) is 5. The van der Waals surface area contributed by atoms with Crippen molar-refractivity contribution in [3.8, 4) is 0 Å². The maximum absolute atomic E-state index is 14.5. The molecule has 1 aliphatic heterocycles. The fourth-order valence-electron chi connectivity index (χ4n) is 6.76. The van der Waals surface area contributed by atoms with Crippen LogP contribution in [0.1, 0.15) is 60.9 Å². The Morgan fingerprint density at radius 2 is 1.62 bits per heavy atom. The highest BCUT2D eigenvalue weighted by Gasteiger charge is 2.34. The van der Waals surface area contributed by atoms with E-state index in [1.54, 1.807) is 23.7 Å². The van der Waals surface area contributed by atoms with E-state index in [4.69, 9.17) is 23.1 Å². The predicted octanol–water partition coefficient (Wildman–Crippen LogP) is 5.88. The van der Waals surface area contributed by atoms with Crippen LogP contribution in [-0.4, -0.2) is 59.7 Å². The Bertz CT molecular complexity index is 1790. The maximum Gasteiger partial charge on any atom is 0.243 e. The van der Waals surface area contributed by atoms with Gasteiger partial charge in [-0.3, -0.25) is 14.4 Å². The van der Waals surface area contributed by atoms with Crippen molar-refractivity contribution in [2.45, 2.75) is 86.8 Å². The van der Waals surface area contributed by atoms with Gasteiger partial charge in [-0.1, -0.05) is 66.2 Å². The monoisotopic (exact) mass is 716 g/mol. The molecule has 0 fully saturated rings. The number of carbonyl (C=O) groups excluding carboxylic acids is 3. The predicted molar refractivity (Wildman–Crippen MR) is 202 cm³/mol. The van der Waals surface area contributed by atoms with Gasteiger partial charge in [-0.15, -0.1) is 0 Å². The molecule has 0 spiro atoms. The minimum absolute atomic E-state index is 0.0270. The number of nitrogens with one attached hydrogen (secondary N) is 3. The van der Waals surface area contributed by atoms with E-state index < -0.39 is 18.0 Å². The average molecular weight is 717 g/mol. The molecule has 0 aliphatic carbocycles. The zero-order chi connectivity index (χ0) is 35.6. The number of aromatic amines is 1. The third kappa shape index (κ3) is 9.35. The van der Waals surface area contributed by atoms with Crippen molar-refractivity contribution >= 4 is 51.9 Å². The molecule has 1 aliphatic rings. The zero-order valence-electron chi connectivity index (χ0n) is 29.0. The van der Waals surface area contributed by atoms with Crippen molar-refractivity contribution in [1.29, 1.82) is 0 Å². The van der Waals surface area contributed by atoms with Crippen molar-refractivity contribution in [2.24, 2.45) is 17.4 Å². The molecule has 4 aromatic rings. The van der Waals surface area contributed by atoms with Crippen molar-refractivity contribution in [3.05, 3.63) is 94.1 Å². The molecule has 0 unspecified atom stereocenters. The summed E-state index contributed by atoms with van der Waals surface area (Å²) in [5.41, 5.74) is 16.5. The molecule has 9 nitrogen and oxygen atoms in total. The van der Waals surface area contributed by atoms with Crippen molar-refractivity contribution < 1.29 is 14.4 Å². The Hall–Kier alpha value is -3.67. The largest absolute Gasteiger partial charge is 0.358 e. The number of nitrogens with zero attached hydrogens (tertiary/aromatic N) is 1. The summed E-state index contributed by atoms with van der Waals surface area (Å²) in [4.78, 5) is 49.9. The molecule has 3 aromatic carbocycles. The number of carbonyl (C=O) groups is 3. The van der Waals surface area contributed by atoms with Crippen molar-refractivity contribution in [3.63, 3.8) is 0 Å². The summed E-state index contributed by atoms with van der Waals surface area (Å²) in [7, 11) is 1.69. The van der Waals surface area contributed by atoms with E-state index in [1.807, 2.05) is 61.5 Å². The fraction of sp³-hybridized carbons (Fsp3) is 0.410. The molecule has 3 atom stereocenters. The van der Waals surface area contributed by atoms with Gasteiger partial charge in [0.25, 0.3) is 0 Å². The van der Waals surface area contributed by atoms with Crippen LogP contribution in [-0.2, 0) is 33.9 Å². The summed E-state index contributed by atoms with van der Waals surface area (Å²) in [6.07, 6.45) is 3.56. The molecule has 11 heteroatoms. The number of likely N-dealkylation sites (N-methyl/N-ethyl adjacent to an activating group) is 1. The lowest BCUT2D eigenvalue weighted by Gasteiger charge is -2.31. The number of nitrogens with two attached hydrogens (primary N) is 2. The molecule has 266 valence electrons. The molecule has 2 amide bonds. The number of Topliss-reactive ketones (excluding diaryl/α,β-unsaturated/α-hetero) is 1. The van der Waals surface area contributed by atoms with Gasteiger partial charge < -0.3 is 32.0 Å². The smallest absolute Gasteiger partial charge is 0.243 e. The molecule has 0 saturated heterocycles. The summed E-state index contributed by atoms with van der Waals surface area (Å²) in [5, 5.41) is 8.25. The second kappa shape index (κ2) is 18.0. The number of rotatable bonds is 9. The number of aryl methyl sites for hydroxylation is 1. The third-order valence-electron chi connectivity index (χ3n) is 9.64. The Morgan fingerprint density at radius 3 is 2.42 bits per heavy atom. The average Bonchev–Trinajstić information content (AvgIpc) is 3.43. The molecule has 2 heterocycles. The van der Waals surface area contributed by atoms with Crippen LogP contribution in [0.25, 0.3) is 10.9 Å². The topological polar surface area (TPSA) is 146 Å². The number of ketones is 1. The molecule has 1 aromatic heterocycles. The minimum Gasteiger partial charge on any atom is -0.358 e. The zero-order valence-corrected chi connectivity index (χ0v) is 30.5. The number of H-pyrrole nitrogens is 1. The summed E-state index contributed by atoms with van der Waals surface area (Å²) in [6, 6.07) is 20.5. The van der Waals surface area contributed by atoms with Crippen LogP contribution in [0.15, 0.2) is 76.5 Å². The molecule has 0 saturated carbocycles.